The molecule has 130 valence electrons. The molecule has 1 rings (SSSR count). The third kappa shape index (κ3) is 7.42. The Morgan fingerprint density at radius 1 is 0.864 bits per heavy atom. The summed E-state index contributed by atoms with van der Waals surface area (Å²) < 4.78 is 1.10. The number of rotatable bonds is 6. The second-order valence-corrected chi connectivity index (χ2v) is 6.91. The fourth-order valence-electron chi connectivity index (χ4n) is 2.67. The molecule has 0 bridgehead atoms. The van der Waals surface area contributed by atoms with Crippen molar-refractivity contribution in [3.05, 3.63) is 27.8 Å². The van der Waals surface area contributed by atoms with Gasteiger partial charge in [0.2, 0.25) is 0 Å². The molecule has 2 nitrogen and oxygen atoms in total. The molecule has 0 radical (unpaired) electrons. The first-order valence-electron chi connectivity index (χ1n) is 7.34. The van der Waals surface area contributed by atoms with E-state index in [1.165, 1.54) is 41.8 Å². The van der Waals surface area contributed by atoms with Gasteiger partial charge in [0, 0.05) is 28.3 Å². The Balaban J connectivity index is -0.00000120. The molecule has 0 N–H and O–H groups in total. The molecule has 0 saturated heterocycles. The van der Waals surface area contributed by atoms with Crippen molar-refractivity contribution in [2.75, 3.05) is 47.8 Å². The van der Waals surface area contributed by atoms with Crippen LogP contribution in [0.1, 0.15) is 27.8 Å². The second kappa shape index (κ2) is 11.2. The molecule has 22 heavy (non-hydrogen) atoms. The number of hydrogen-bond acceptors (Lipinski definition) is 1. The average Bonchev–Trinajstić information content (AvgIpc) is 2.50. The second-order valence-electron chi connectivity index (χ2n) is 6.91. The van der Waals surface area contributed by atoms with Crippen LogP contribution in [0.4, 0.5) is 0 Å². The molecule has 5 heteroatoms. The molecule has 1 aromatic rings. The SMILES string of the molecule is Cc1c(C)c(C)[c-](CC[N+](C)(C)CCN(C)C)c1C.[Cl-].[Cl-].[Ti]. The fraction of sp³-hybridized carbons (Fsp3) is 0.706. The molecular formula is C17H32Cl2N2Ti-2. The Morgan fingerprint density at radius 3 is 1.64 bits per heavy atom. The molecule has 0 aromatic heterocycles. The van der Waals surface area contributed by atoms with Gasteiger partial charge in [-0.2, -0.15) is 22.3 Å². The van der Waals surface area contributed by atoms with Crippen molar-refractivity contribution >= 4 is 0 Å². The minimum atomic E-state index is 0. The number of nitrogens with zero attached hydrogens (tertiary/aromatic N) is 2. The summed E-state index contributed by atoms with van der Waals surface area (Å²) in [5, 5.41) is 0. The number of hydrogen-bond donors (Lipinski definition) is 0. The molecule has 0 amide bonds. The zero-order valence-electron chi connectivity index (χ0n) is 15.5. The minimum Gasteiger partial charge on any atom is -1.00 e. The summed E-state index contributed by atoms with van der Waals surface area (Å²) in [6.07, 6.45) is 1.20. The molecule has 0 aliphatic heterocycles. The third-order valence-electron chi connectivity index (χ3n) is 4.71. The van der Waals surface area contributed by atoms with Gasteiger partial charge in [0.05, 0.1) is 27.2 Å². The molecule has 0 heterocycles. The van der Waals surface area contributed by atoms with Crippen LogP contribution >= 0.6 is 0 Å². The summed E-state index contributed by atoms with van der Waals surface area (Å²) in [5.74, 6) is 0. The van der Waals surface area contributed by atoms with Gasteiger partial charge in [-0.05, 0) is 20.5 Å². The molecular weight excluding hydrogens is 351 g/mol. The summed E-state index contributed by atoms with van der Waals surface area (Å²) >= 11 is 0. The molecule has 0 fully saturated rings. The van der Waals surface area contributed by atoms with Crippen LogP contribution in [0.3, 0.4) is 0 Å². The van der Waals surface area contributed by atoms with Crippen molar-refractivity contribution in [3.8, 4) is 0 Å². The number of likely N-dealkylation sites (N-methyl/N-ethyl adjacent to an activating group) is 2. The minimum absolute atomic E-state index is 0. The van der Waals surface area contributed by atoms with Gasteiger partial charge in [0.1, 0.15) is 0 Å². The average molecular weight is 383 g/mol. The van der Waals surface area contributed by atoms with Gasteiger partial charge in [-0.15, -0.1) is 5.56 Å². The van der Waals surface area contributed by atoms with E-state index in [1.807, 2.05) is 0 Å². The smallest absolute Gasteiger partial charge is 0.0911 e. The molecule has 1 aromatic carbocycles. The van der Waals surface area contributed by atoms with Crippen LogP contribution in [-0.2, 0) is 28.1 Å². The van der Waals surface area contributed by atoms with E-state index < -0.39 is 0 Å². The summed E-state index contributed by atoms with van der Waals surface area (Å²) in [5.41, 5.74) is 7.61. The van der Waals surface area contributed by atoms with E-state index in [-0.39, 0.29) is 46.5 Å². The van der Waals surface area contributed by atoms with Crippen LogP contribution in [0.5, 0.6) is 0 Å². The van der Waals surface area contributed by atoms with Crippen LogP contribution in [-0.4, -0.2) is 57.2 Å². The topological polar surface area (TPSA) is 3.24 Å². The Bertz CT molecular complexity index is 415. The zero-order chi connectivity index (χ0) is 14.8. The van der Waals surface area contributed by atoms with Crippen molar-refractivity contribution < 1.29 is 51.0 Å². The van der Waals surface area contributed by atoms with E-state index in [2.05, 4.69) is 60.8 Å². The summed E-state index contributed by atoms with van der Waals surface area (Å²) in [4.78, 5) is 2.27. The maximum Gasteiger partial charge on any atom is 0.0911 e. The van der Waals surface area contributed by atoms with Crippen molar-refractivity contribution in [2.24, 2.45) is 0 Å². The van der Waals surface area contributed by atoms with E-state index >= 15 is 0 Å². The largest absolute Gasteiger partial charge is 1.00 e. The van der Waals surface area contributed by atoms with E-state index in [1.54, 1.807) is 5.56 Å². The van der Waals surface area contributed by atoms with Gasteiger partial charge < -0.3 is 34.2 Å². The Kier molecular flexibility index (Phi) is 13.9. The molecule has 0 atom stereocenters. The van der Waals surface area contributed by atoms with Crippen molar-refractivity contribution in [3.63, 3.8) is 0 Å². The maximum absolute atomic E-state index is 2.34. The first-order chi connectivity index (χ1) is 8.65. The molecule has 0 aliphatic carbocycles. The van der Waals surface area contributed by atoms with Crippen molar-refractivity contribution in [1.82, 2.24) is 4.90 Å². The van der Waals surface area contributed by atoms with Crippen molar-refractivity contribution in [2.45, 2.75) is 34.1 Å². The van der Waals surface area contributed by atoms with Crippen LogP contribution in [0.25, 0.3) is 0 Å². The number of halogens is 2. The van der Waals surface area contributed by atoms with Gasteiger partial charge in [-0.3, -0.25) is 0 Å². The van der Waals surface area contributed by atoms with Gasteiger partial charge in [-0.1, -0.05) is 27.7 Å². The van der Waals surface area contributed by atoms with E-state index in [0.717, 1.165) is 11.0 Å². The van der Waals surface area contributed by atoms with Crippen LogP contribution < -0.4 is 24.8 Å². The Hall–Kier alpha value is 0.564. The van der Waals surface area contributed by atoms with E-state index in [4.69, 9.17) is 0 Å². The summed E-state index contributed by atoms with van der Waals surface area (Å²) in [7, 11) is 8.99. The predicted molar refractivity (Wildman–Crippen MR) is 85.1 cm³/mol. The quantitative estimate of drug-likeness (QED) is 0.285. The van der Waals surface area contributed by atoms with Gasteiger partial charge >= 0.3 is 0 Å². The third-order valence-corrected chi connectivity index (χ3v) is 4.71. The van der Waals surface area contributed by atoms with E-state index in [9.17, 15) is 0 Å². The van der Waals surface area contributed by atoms with Crippen LogP contribution in [0.15, 0.2) is 0 Å². The van der Waals surface area contributed by atoms with Gasteiger partial charge in [0.15, 0.2) is 0 Å². The molecule has 0 unspecified atom stereocenters. The molecule has 0 spiro atoms. The normalized spacial score (nSPS) is 10.8. The first-order valence-corrected chi connectivity index (χ1v) is 7.34. The standard InChI is InChI=1S/C17H32N2.2ClH.Ti/c1-13-14(2)16(4)17(15(13)3)9-11-19(7,8)12-10-18(5)6;;;/h9-12H2,1-8H3;2*1H;/p-2. The molecule has 0 saturated carbocycles. The van der Waals surface area contributed by atoms with Crippen LogP contribution in [0, 0.1) is 27.7 Å². The Labute approximate surface area is 165 Å². The zero-order valence-corrected chi connectivity index (χ0v) is 18.6. The maximum atomic E-state index is 2.34. The van der Waals surface area contributed by atoms with Crippen LogP contribution in [0.2, 0.25) is 0 Å². The van der Waals surface area contributed by atoms with Gasteiger partial charge in [0.25, 0.3) is 0 Å². The summed E-state index contributed by atoms with van der Waals surface area (Å²) in [6, 6.07) is 0. The monoisotopic (exact) mass is 382 g/mol. The number of quaternary nitrogens is 1. The molecule has 0 aliphatic rings. The fourth-order valence-corrected chi connectivity index (χ4v) is 2.67. The Morgan fingerprint density at radius 2 is 1.27 bits per heavy atom. The van der Waals surface area contributed by atoms with Crippen molar-refractivity contribution in [1.29, 1.82) is 0 Å². The first kappa shape index (κ1) is 27.4. The summed E-state index contributed by atoms with van der Waals surface area (Å²) in [6.45, 7) is 12.7. The van der Waals surface area contributed by atoms with E-state index in [0.29, 0.717) is 0 Å². The van der Waals surface area contributed by atoms with Gasteiger partial charge in [-0.25, -0.2) is 0 Å². The predicted octanol–water partition coefficient (Wildman–Crippen LogP) is -3.17.